The number of primary amides is 1. The molecular formula is C27H25N5O4. The summed E-state index contributed by atoms with van der Waals surface area (Å²) < 4.78 is 0. The molecule has 1 atom stereocenters. The topological polar surface area (TPSA) is 149 Å². The number of aromatic carboxylic acids is 1. The van der Waals surface area contributed by atoms with E-state index in [9.17, 15) is 19.5 Å². The van der Waals surface area contributed by atoms with E-state index in [2.05, 4.69) is 15.5 Å². The second-order valence-corrected chi connectivity index (χ2v) is 8.63. The molecule has 3 aromatic rings. The van der Waals surface area contributed by atoms with Crippen LogP contribution in [-0.2, 0) is 13.0 Å². The molecule has 1 aliphatic heterocycles. The number of carbonyl (C=O) groups excluding carboxylic acids is 2. The SMILES string of the molecule is CN1CCc2ccc(C(=O)O)cc2C1c1ccc(C(N)=O)cc1CNC(=O)Nc1ccc(C#N)cc1. The van der Waals surface area contributed by atoms with Gasteiger partial charge in [0.05, 0.1) is 23.2 Å². The van der Waals surface area contributed by atoms with Crippen molar-refractivity contribution >= 4 is 23.6 Å². The number of nitrogens with one attached hydrogen (secondary N) is 2. The molecule has 0 aliphatic carbocycles. The van der Waals surface area contributed by atoms with E-state index in [1.54, 1.807) is 54.6 Å². The van der Waals surface area contributed by atoms with Gasteiger partial charge in [0.1, 0.15) is 0 Å². The molecule has 0 radical (unpaired) electrons. The van der Waals surface area contributed by atoms with E-state index in [1.165, 1.54) is 0 Å². The highest BCUT2D eigenvalue weighted by atomic mass is 16.4. The summed E-state index contributed by atoms with van der Waals surface area (Å²) in [6, 6.07) is 18.0. The van der Waals surface area contributed by atoms with E-state index in [0.717, 1.165) is 29.7 Å². The number of fused-ring (bicyclic) bond motifs is 1. The molecule has 1 aliphatic rings. The second-order valence-electron chi connectivity index (χ2n) is 8.63. The van der Waals surface area contributed by atoms with Crippen LogP contribution in [0.15, 0.2) is 60.7 Å². The summed E-state index contributed by atoms with van der Waals surface area (Å²) in [5, 5.41) is 24.0. The number of urea groups is 1. The monoisotopic (exact) mass is 483 g/mol. The van der Waals surface area contributed by atoms with Crippen LogP contribution in [0.4, 0.5) is 10.5 Å². The molecule has 9 heteroatoms. The van der Waals surface area contributed by atoms with Crippen LogP contribution >= 0.6 is 0 Å². The molecule has 0 saturated heterocycles. The van der Waals surface area contributed by atoms with Gasteiger partial charge in [-0.2, -0.15) is 5.26 Å². The molecule has 0 saturated carbocycles. The largest absolute Gasteiger partial charge is 0.478 e. The van der Waals surface area contributed by atoms with E-state index < -0.39 is 17.9 Å². The van der Waals surface area contributed by atoms with Gasteiger partial charge in [0.15, 0.2) is 0 Å². The van der Waals surface area contributed by atoms with E-state index in [1.807, 2.05) is 19.2 Å². The molecule has 3 amide bonds. The maximum atomic E-state index is 12.6. The minimum atomic E-state index is -1.00. The fourth-order valence-electron chi connectivity index (χ4n) is 4.44. The average Bonchev–Trinajstić information content (AvgIpc) is 2.87. The lowest BCUT2D eigenvalue weighted by Crippen LogP contribution is -2.35. The number of amides is 3. The fraction of sp³-hybridized carbons (Fsp3) is 0.185. The number of likely N-dealkylation sites (N-methyl/N-ethyl adjacent to an activating group) is 1. The molecule has 4 rings (SSSR count). The van der Waals surface area contributed by atoms with Crippen LogP contribution in [0, 0.1) is 11.3 Å². The van der Waals surface area contributed by atoms with Crippen LogP contribution in [-0.4, -0.2) is 41.5 Å². The van der Waals surface area contributed by atoms with Crippen molar-refractivity contribution in [2.24, 2.45) is 5.73 Å². The third kappa shape index (κ3) is 5.19. The first kappa shape index (κ1) is 24.4. The van der Waals surface area contributed by atoms with Gasteiger partial charge in [-0.1, -0.05) is 12.1 Å². The Balaban J connectivity index is 1.64. The van der Waals surface area contributed by atoms with Crippen molar-refractivity contribution in [3.8, 4) is 6.07 Å². The molecule has 0 spiro atoms. The van der Waals surface area contributed by atoms with Crippen molar-refractivity contribution < 1.29 is 19.5 Å². The van der Waals surface area contributed by atoms with Gasteiger partial charge >= 0.3 is 12.0 Å². The van der Waals surface area contributed by atoms with Gasteiger partial charge < -0.3 is 21.5 Å². The van der Waals surface area contributed by atoms with Gasteiger partial charge in [-0.15, -0.1) is 0 Å². The number of carboxylic acid groups (broad SMARTS) is 1. The van der Waals surface area contributed by atoms with Gasteiger partial charge in [-0.25, -0.2) is 9.59 Å². The lowest BCUT2D eigenvalue weighted by Gasteiger charge is -2.36. The van der Waals surface area contributed by atoms with Crippen LogP contribution in [0.25, 0.3) is 0 Å². The lowest BCUT2D eigenvalue weighted by atomic mass is 9.85. The first-order valence-electron chi connectivity index (χ1n) is 11.3. The Kier molecular flexibility index (Phi) is 6.99. The molecule has 3 aromatic carbocycles. The van der Waals surface area contributed by atoms with Crippen molar-refractivity contribution in [2.75, 3.05) is 18.9 Å². The Morgan fingerprint density at radius 1 is 1.06 bits per heavy atom. The molecule has 182 valence electrons. The third-order valence-electron chi connectivity index (χ3n) is 6.30. The third-order valence-corrected chi connectivity index (χ3v) is 6.30. The highest BCUT2D eigenvalue weighted by Gasteiger charge is 2.29. The second kappa shape index (κ2) is 10.3. The molecule has 5 N–H and O–H groups in total. The Bertz CT molecular complexity index is 1380. The van der Waals surface area contributed by atoms with E-state index in [-0.39, 0.29) is 18.2 Å². The highest BCUT2D eigenvalue weighted by Crippen LogP contribution is 2.36. The summed E-state index contributed by atoms with van der Waals surface area (Å²) in [5.74, 6) is -1.59. The fourth-order valence-corrected chi connectivity index (χ4v) is 4.44. The summed E-state index contributed by atoms with van der Waals surface area (Å²) in [7, 11) is 1.96. The summed E-state index contributed by atoms with van der Waals surface area (Å²) in [6.45, 7) is 0.866. The first-order valence-corrected chi connectivity index (χ1v) is 11.3. The average molecular weight is 484 g/mol. The van der Waals surface area contributed by atoms with Crippen LogP contribution in [0.5, 0.6) is 0 Å². The number of nitrogens with zero attached hydrogens (tertiary/aromatic N) is 2. The van der Waals surface area contributed by atoms with Crippen LogP contribution in [0.1, 0.15) is 54.6 Å². The molecule has 9 nitrogen and oxygen atoms in total. The number of nitriles is 1. The minimum absolute atomic E-state index is 0.108. The summed E-state index contributed by atoms with van der Waals surface area (Å²) in [6.07, 6.45) is 0.780. The van der Waals surface area contributed by atoms with Crippen molar-refractivity contribution in [1.29, 1.82) is 5.26 Å². The predicted octanol–water partition coefficient (Wildman–Crippen LogP) is 3.25. The van der Waals surface area contributed by atoms with Crippen LogP contribution in [0.3, 0.4) is 0 Å². The summed E-state index contributed by atoms with van der Waals surface area (Å²) in [5.41, 5.74) is 10.5. The van der Waals surface area contributed by atoms with Gasteiger partial charge in [0.25, 0.3) is 0 Å². The number of benzene rings is 3. The number of anilines is 1. The van der Waals surface area contributed by atoms with E-state index in [0.29, 0.717) is 22.4 Å². The van der Waals surface area contributed by atoms with Crippen molar-refractivity contribution in [3.05, 3.63) is 99.6 Å². The standard InChI is InChI=1S/C27H25N5O4/c1-32-11-10-17-4-5-19(26(34)35)13-23(17)24(32)22-9-6-18(25(29)33)12-20(22)15-30-27(36)31-21-7-2-16(14-28)3-8-21/h2-9,12-13,24H,10-11,15H2,1H3,(H2,29,33)(H,34,35)(H2,30,31,36). The van der Waals surface area contributed by atoms with E-state index in [4.69, 9.17) is 11.0 Å². The van der Waals surface area contributed by atoms with Gasteiger partial charge in [0, 0.05) is 24.3 Å². The molecule has 0 bridgehead atoms. The normalized spacial score (nSPS) is 14.8. The smallest absolute Gasteiger partial charge is 0.335 e. The quantitative estimate of drug-likeness (QED) is 0.423. The summed E-state index contributed by atoms with van der Waals surface area (Å²) in [4.78, 5) is 38.2. The predicted molar refractivity (Wildman–Crippen MR) is 134 cm³/mol. The van der Waals surface area contributed by atoms with Crippen molar-refractivity contribution in [1.82, 2.24) is 10.2 Å². The number of hydrogen-bond acceptors (Lipinski definition) is 5. The molecule has 1 heterocycles. The molecule has 0 fully saturated rings. The molecule has 36 heavy (non-hydrogen) atoms. The number of nitrogens with two attached hydrogens (primary N) is 1. The highest BCUT2D eigenvalue weighted by molar-refractivity contribution is 5.93. The van der Waals surface area contributed by atoms with Crippen molar-refractivity contribution in [3.63, 3.8) is 0 Å². The van der Waals surface area contributed by atoms with Crippen LogP contribution in [0.2, 0.25) is 0 Å². The zero-order valence-corrected chi connectivity index (χ0v) is 19.6. The maximum Gasteiger partial charge on any atom is 0.335 e. The van der Waals surface area contributed by atoms with Crippen molar-refractivity contribution in [2.45, 2.75) is 19.0 Å². The number of hydrogen-bond donors (Lipinski definition) is 4. The first-order chi connectivity index (χ1) is 17.3. The Hall–Kier alpha value is -4.68. The Morgan fingerprint density at radius 2 is 1.78 bits per heavy atom. The van der Waals surface area contributed by atoms with Crippen LogP contribution < -0.4 is 16.4 Å². The number of carbonyl (C=O) groups is 3. The Morgan fingerprint density at radius 3 is 2.44 bits per heavy atom. The van der Waals surface area contributed by atoms with Gasteiger partial charge in [-0.3, -0.25) is 9.69 Å². The summed E-state index contributed by atoms with van der Waals surface area (Å²) >= 11 is 0. The lowest BCUT2D eigenvalue weighted by molar-refractivity contribution is 0.0696. The number of carboxylic acids is 1. The molecule has 0 aromatic heterocycles. The maximum absolute atomic E-state index is 12.6. The molecule has 1 unspecified atom stereocenters. The minimum Gasteiger partial charge on any atom is -0.478 e. The Labute approximate surface area is 208 Å². The zero-order valence-electron chi connectivity index (χ0n) is 19.6. The zero-order chi connectivity index (χ0) is 25.8. The van der Waals surface area contributed by atoms with Gasteiger partial charge in [0.2, 0.25) is 5.91 Å². The number of rotatable bonds is 6. The molecular weight excluding hydrogens is 458 g/mol. The van der Waals surface area contributed by atoms with E-state index >= 15 is 0 Å². The van der Waals surface area contributed by atoms with Gasteiger partial charge in [-0.05, 0) is 84.3 Å².